The maximum Gasteiger partial charge on any atom is 0.251 e. The first kappa shape index (κ1) is 21.5. The van der Waals surface area contributed by atoms with Crippen LogP contribution in [0, 0.1) is 0 Å². The van der Waals surface area contributed by atoms with E-state index in [2.05, 4.69) is 10.0 Å². The van der Waals surface area contributed by atoms with E-state index in [-0.39, 0.29) is 22.1 Å². The average molecular weight is 408 g/mol. The molecule has 1 amide bonds. The van der Waals surface area contributed by atoms with Crippen molar-refractivity contribution < 1.29 is 27.4 Å². The number of ether oxygens (including phenoxy) is 3. The van der Waals surface area contributed by atoms with Crippen molar-refractivity contribution in [2.24, 2.45) is 0 Å². The minimum absolute atomic E-state index is 0.0926. The second-order valence-corrected chi connectivity index (χ2v) is 7.62. The van der Waals surface area contributed by atoms with Crippen molar-refractivity contribution in [3.8, 4) is 17.2 Å². The summed E-state index contributed by atoms with van der Waals surface area (Å²) < 4.78 is 42.0. The summed E-state index contributed by atoms with van der Waals surface area (Å²) in [6.45, 7) is 0.370. The normalized spacial score (nSPS) is 11.0. The van der Waals surface area contributed by atoms with Crippen LogP contribution in [0.1, 0.15) is 15.9 Å². The highest BCUT2D eigenvalue weighted by Crippen LogP contribution is 2.27. The van der Waals surface area contributed by atoms with Crippen molar-refractivity contribution in [3.63, 3.8) is 0 Å². The van der Waals surface area contributed by atoms with E-state index in [1.807, 2.05) is 12.1 Å². The molecule has 152 valence electrons. The number of rotatable bonds is 9. The number of nitrogens with one attached hydrogen (secondary N) is 2. The van der Waals surface area contributed by atoms with Gasteiger partial charge in [0.05, 0.1) is 21.3 Å². The van der Waals surface area contributed by atoms with Crippen molar-refractivity contribution in [3.05, 3.63) is 47.5 Å². The van der Waals surface area contributed by atoms with Crippen LogP contribution in [-0.2, 0) is 16.4 Å². The number of sulfonamides is 1. The number of carbonyl (C=O) groups is 1. The number of hydrogen-bond acceptors (Lipinski definition) is 6. The van der Waals surface area contributed by atoms with E-state index >= 15 is 0 Å². The fraction of sp³-hybridized carbons (Fsp3) is 0.316. The van der Waals surface area contributed by atoms with E-state index in [0.717, 1.165) is 5.56 Å². The predicted molar refractivity (Wildman–Crippen MR) is 105 cm³/mol. The molecule has 0 aliphatic rings. The van der Waals surface area contributed by atoms with Crippen molar-refractivity contribution in [1.29, 1.82) is 0 Å². The average Bonchev–Trinajstić information content (AvgIpc) is 2.72. The highest BCUT2D eigenvalue weighted by atomic mass is 32.2. The van der Waals surface area contributed by atoms with Gasteiger partial charge in [0.1, 0.15) is 10.6 Å². The summed E-state index contributed by atoms with van der Waals surface area (Å²) in [6, 6.07) is 9.78. The van der Waals surface area contributed by atoms with Gasteiger partial charge in [-0.05, 0) is 49.4 Å². The molecule has 0 bridgehead atoms. The zero-order valence-corrected chi connectivity index (χ0v) is 17.1. The quantitative estimate of drug-likeness (QED) is 0.653. The summed E-state index contributed by atoms with van der Waals surface area (Å²) in [5.74, 6) is 1.03. The Kier molecular flexibility index (Phi) is 7.24. The van der Waals surface area contributed by atoms with Crippen molar-refractivity contribution in [2.45, 2.75) is 11.3 Å². The third-order valence-electron chi connectivity index (χ3n) is 4.13. The van der Waals surface area contributed by atoms with Crippen LogP contribution in [0.5, 0.6) is 17.2 Å². The van der Waals surface area contributed by atoms with E-state index < -0.39 is 10.0 Å². The van der Waals surface area contributed by atoms with E-state index in [4.69, 9.17) is 14.2 Å². The molecular weight excluding hydrogens is 384 g/mol. The first-order valence-electron chi connectivity index (χ1n) is 8.47. The molecule has 0 saturated carbocycles. The Bertz CT molecular complexity index is 943. The largest absolute Gasteiger partial charge is 0.495 e. The van der Waals surface area contributed by atoms with Crippen molar-refractivity contribution in [1.82, 2.24) is 10.0 Å². The molecule has 9 heteroatoms. The molecule has 0 radical (unpaired) electrons. The molecule has 0 aromatic heterocycles. The van der Waals surface area contributed by atoms with Gasteiger partial charge in [-0.3, -0.25) is 4.79 Å². The van der Waals surface area contributed by atoms with E-state index in [1.54, 1.807) is 20.3 Å². The third kappa shape index (κ3) is 4.93. The maximum atomic E-state index is 12.4. The molecule has 0 aliphatic carbocycles. The molecule has 2 rings (SSSR count). The molecule has 0 heterocycles. The van der Waals surface area contributed by atoms with E-state index in [1.165, 1.54) is 32.4 Å². The van der Waals surface area contributed by atoms with Crippen molar-refractivity contribution in [2.75, 3.05) is 34.9 Å². The van der Waals surface area contributed by atoms with Crippen molar-refractivity contribution >= 4 is 15.9 Å². The second-order valence-electron chi connectivity index (χ2n) is 5.77. The van der Waals surface area contributed by atoms with Crippen LogP contribution in [0.2, 0.25) is 0 Å². The number of carbonyl (C=O) groups excluding carboxylic acids is 1. The maximum absolute atomic E-state index is 12.4. The molecule has 0 fully saturated rings. The fourth-order valence-electron chi connectivity index (χ4n) is 2.60. The summed E-state index contributed by atoms with van der Waals surface area (Å²) >= 11 is 0. The standard InChI is InChI=1S/C19H24N2O6S/c1-20-28(23,24)18-12-14(6-8-16(18)26-3)19(22)21-10-9-13-5-7-15(25-2)17(11-13)27-4/h5-8,11-12,20H,9-10H2,1-4H3,(H,21,22). The number of benzene rings is 2. The summed E-state index contributed by atoms with van der Waals surface area (Å²) in [6.07, 6.45) is 0.573. The Morgan fingerprint density at radius 1 is 0.929 bits per heavy atom. The highest BCUT2D eigenvalue weighted by molar-refractivity contribution is 7.89. The molecule has 0 unspecified atom stereocenters. The minimum atomic E-state index is -3.76. The zero-order valence-electron chi connectivity index (χ0n) is 16.2. The van der Waals surface area contributed by atoms with Gasteiger partial charge in [-0.2, -0.15) is 0 Å². The van der Waals surface area contributed by atoms with Gasteiger partial charge in [-0.25, -0.2) is 13.1 Å². The topological polar surface area (TPSA) is 103 Å². The van der Waals surface area contributed by atoms with Gasteiger partial charge in [0.25, 0.3) is 5.91 Å². The molecule has 0 aliphatic heterocycles. The lowest BCUT2D eigenvalue weighted by Crippen LogP contribution is -2.26. The summed E-state index contributed by atoms with van der Waals surface area (Å²) in [5, 5.41) is 2.78. The Labute approximate surface area is 164 Å². The highest BCUT2D eigenvalue weighted by Gasteiger charge is 2.20. The van der Waals surface area contributed by atoms with Crippen LogP contribution >= 0.6 is 0 Å². The monoisotopic (exact) mass is 408 g/mol. The summed E-state index contributed by atoms with van der Waals surface area (Å²) in [5.41, 5.74) is 1.19. The molecule has 8 nitrogen and oxygen atoms in total. The van der Waals surface area contributed by atoms with Gasteiger partial charge in [-0.15, -0.1) is 0 Å². The molecule has 2 aromatic carbocycles. The Morgan fingerprint density at radius 3 is 2.18 bits per heavy atom. The van der Waals surface area contributed by atoms with Gasteiger partial charge in [0.15, 0.2) is 11.5 Å². The van der Waals surface area contributed by atoms with E-state index in [9.17, 15) is 13.2 Å². The van der Waals surface area contributed by atoms with Gasteiger partial charge < -0.3 is 19.5 Å². The molecule has 28 heavy (non-hydrogen) atoms. The summed E-state index contributed by atoms with van der Waals surface area (Å²) in [7, 11) is 2.03. The minimum Gasteiger partial charge on any atom is -0.495 e. The van der Waals surface area contributed by atoms with Gasteiger partial charge >= 0.3 is 0 Å². The Balaban J connectivity index is 2.09. The Hall–Kier alpha value is -2.78. The van der Waals surface area contributed by atoms with Gasteiger partial charge in [0.2, 0.25) is 10.0 Å². The predicted octanol–water partition coefficient (Wildman–Crippen LogP) is 1.59. The van der Waals surface area contributed by atoms with Crippen LogP contribution < -0.4 is 24.2 Å². The first-order valence-corrected chi connectivity index (χ1v) is 9.95. The zero-order chi connectivity index (χ0) is 20.7. The van der Waals surface area contributed by atoms with Crippen LogP contribution in [0.15, 0.2) is 41.3 Å². The first-order chi connectivity index (χ1) is 13.4. The van der Waals surface area contributed by atoms with Gasteiger partial charge in [-0.1, -0.05) is 6.07 Å². The lowest BCUT2D eigenvalue weighted by molar-refractivity contribution is 0.0954. The fourth-order valence-corrected chi connectivity index (χ4v) is 3.51. The lowest BCUT2D eigenvalue weighted by atomic mass is 10.1. The molecule has 0 spiro atoms. The van der Waals surface area contributed by atoms with E-state index in [0.29, 0.717) is 24.5 Å². The SMILES string of the molecule is CNS(=O)(=O)c1cc(C(=O)NCCc2ccc(OC)c(OC)c2)ccc1OC. The van der Waals surface area contributed by atoms with Gasteiger partial charge in [0, 0.05) is 12.1 Å². The van der Waals surface area contributed by atoms with Crippen LogP contribution in [0.25, 0.3) is 0 Å². The molecule has 2 N–H and O–H groups in total. The Morgan fingerprint density at radius 2 is 1.57 bits per heavy atom. The number of methoxy groups -OCH3 is 3. The third-order valence-corrected chi connectivity index (χ3v) is 5.57. The molecule has 2 aromatic rings. The van der Waals surface area contributed by atoms with Crippen LogP contribution in [0.4, 0.5) is 0 Å². The molecule has 0 atom stereocenters. The second kappa shape index (κ2) is 9.43. The number of amides is 1. The van der Waals surface area contributed by atoms with Crippen LogP contribution in [-0.4, -0.2) is 49.2 Å². The molecular formula is C19H24N2O6S. The van der Waals surface area contributed by atoms with Crippen LogP contribution in [0.3, 0.4) is 0 Å². The number of hydrogen-bond donors (Lipinski definition) is 2. The lowest BCUT2D eigenvalue weighted by Gasteiger charge is -2.12. The molecule has 0 saturated heterocycles. The smallest absolute Gasteiger partial charge is 0.251 e. The summed E-state index contributed by atoms with van der Waals surface area (Å²) in [4.78, 5) is 12.3.